The summed E-state index contributed by atoms with van der Waals surface area (Å²) in [4.78, 5) is 0. The van der Waals surface area contributed by atoms with E-state index < -0.39 is 0 Å². The second kappa shape index (κ2) is 9.01. The van der Waals surface area contributed by atoms with Crippen LogP contribution in [0.4, 0.5) is 0 Å². The van der Waals surface area contributed by atoms with Crippen molar-refractivity contribution in [3.05, 3.63) is 0 Å². The van der Waals surface area contributed by atoms with Crippen LogP contribution in [0.25, 0.3) is 0 Å². The first-order chi connectivity index (χ1) is 5.81. The zero-order valence-electron chi connectivity index (χ0n) is 8.47. The molecule has 0 aliphatic carbocycles. The molecule has 0 aliphatic rings. The first kappa shape index (κ1) is 11.9. The molecule has 0 aromatic carbocycles. The van der Waals surface area contributed by atoms with Gasteiger partial charge < -0.3 is 10.4 Å². The van der Waals surface area contributed by atoms with Gasteiger partial charge in [0.25, 0.3) is 0 Å². The molecule has 0 heterocycles. The molecule has 0 radical (unpaired) electrons. The summed E-state index contributed by atoms with van der Waals surface area (Å²) in [6.45, 7) is 6.43. The number of hydrogen-bond acceptors (Lipinski definition) is 2. The highest BCUT2D eigenvalue weighted by Crippen LogP contribution is 2.02. The minimum atomic E-state index is -0.0730. The predicted octanol–water partition coefficient (Wildman–Crippen LogP) is 1.93. The lowest BCUT2D eigenvalue weighted by Crippen LogP contribution is -2.16. The van der Waals surface area contributed by atoms with Crippen LogP contribution < -0.4 is 5.32 Å². The monoisotopic (exact) mass is 173 g/mol. The normalized spacial score (nSPS) is 13.2. The Bertz CT molecular complexity index is 85.9. The molecule has 0 fully saturated rings. The Hall–Kier alpha value is -0.0800. The van der Waals surface area contributed by atoms with Crippen LogP contribution in [-0.4, -0.2) is 24.3 Å². The molecule has 1 unspecified atom stereocenters. The van der Waals surface area contributed by atoms with Crippen LogP contribution in [0.3, 0.4) is 0 Å². The van der Waals surface area contributed by atoms with Crippen molar-refractivity contribution in [3.8, 4) is 0 Å². The van der Waals surface area contributed by atoms with Gasteiger partial charge in [-0.05, 0) is 45.2 Å². The standard InChI is InChI=1S/C10H23NO/c1-3-8-11-9-6-5-7-10(12)4-2/h10-12H,3-9H2,1-2H3. The lowest BCUT2D eigenvalue weighted by atomic mass is 10.1. The first-order valence-electron chi connectivity index (χ1n) is 5.20. The van der Waals surface area contributed by atoms with Crippen LogP contribution >= 0.6 is 0 Å². The van der Waals surface area contributed by atoms with E-state index in [0.29, 0.717) is 0 Å². The van der Waals surface area contributed by atoms with Gasteiger partial charge in [0.05, 0.1) is 6.10 Å². The molecule has 2 N–H and O–H groups in total. The molecule has 0 bridgehead atoms. The van der Waals surface area contributed by atoms with Crippen LogP contribution in [-0.2, 0) is 0 Å². The number of rotatable bonds is 8. The molecule has 0 saturated carbocycles. The molecule has 2 heteroatoms. The predicted molar refractivity (Wildman–Crippen MR) is 53.3 cm³/mol. The fraction of sp³-hybridized carbons (Fsp3) is 1.00. The van der Waals surface area contributed by atoms with Crippen LogP contribution in [0, 0.1) is 0 Å². The van der Waals surface area contributed by atoms with Crippen molar-refractivity contribution in [2.75, 3.05) is 13.1 Å². The van der Waals surface area contributed by atoms with E-state index in [1.807, 2.05) is 6.92 Å². The summed E-state index contributed by atoms with van der Waals surface area (Å²) in [5.41, 5.74) is 0. The van der Waals surface area contributed by atoms with E-state index in [9.17, 15) is 5.11 Å². The second-order valence-electron chi connectivity index (χ2n) is 3.31. The van der Waals surface area contributed by atoms with Gasteiger partial charge in [-0.25, -0.2) is 0 Å². The molecule has 12 heavy (non-hydrogen) atoms. The summed E-state index contributed by atoms with van der Waals surface area (Å²) in [5.74, 6) is 0. The summed E-state index contributed by atoms with van der Waals surface area (Å²) in [6.07, 6.45) is 5.32. The lowest BCUT2D eigenvalue weighted by molar-refractivity contribution is 0.157. The number of nitrogens with one attached hydrogen (secondary N) is 1. The van der Waals surface area contributed by atoms with Gasteiger partial charge in [-0.15, -0.1) is 0 Å². The zero-order valence-corrected chi connectivity index (χ0v) is 8.47. The van der Waals surface area contributed by atoms with Gasteiger partial charge >= 0.3 is 0 Å². The summed E-state index contributed by atoms with van der Waals surface area (Å²) in [5, 5.41) is 12.6. The second-order valence-corrected chi connectivity index (χ2v) is 3.31. The summed E-state index contributed by atoms with van der Waals surface area (Å²) in [6, 6.07) is 0. The van der Waals surface area contributed by atoms with Crippen molar-refractivity contribution in [2.45, 2.75) is 52.1 Å². The molecule has 0 aromatic rings. The minimum absolute atomic E-state index is 0.0730. The fourth-order valence-corrected chi connectivity index (χ4v) is 1.14. The van der Waals surface area contributed by atoms with E-state index in [1.54, 1.807) is 0 Å². The van der Waals surface area contributed by atoms with Crippen LogP contribution in [0.1, 0.15) is 46.0 Å². The SMILES string of the molecule is CCCNCCCCC(O)CC. The quantitative estimate of drug-likeness (QED) is 0.550. The molecule has 0 amide bonds. The van der Waals surface area contributed by atoms with E-state index in [1.165, 1.54) is 12.8 Å². The van der Waals surface area contributed by atoms with Crippen molar-refractivity contribution >= 4 is 0 Å². The maximum absolute atomic E-state index is 9.24. The summed E-state index contributed by atoms with van der Waals surface area (Å²) >= 11 is 0. The average Bonchev–Trinajstić information content (AvgIpc) is 2.10. The Balaban J connectivity index is 2.90. The van der Waals surface area contributed by atoms with Gasteiger partial charge in [-0.2, -0.15) is 0 Å². The van der Waals surface area contributed by atoms with Gasteiger partial charge in [-0.3, -0.25) is 0 Å². The van der Waals surface area contributed by atoms with Crippen molar-refractivity contribution in [1.82, 2.24) is 5.32 Å². The fourth-order valence-electron chi connectivity index (χ4n) is 1.14. The van der Waals surface area contributed by atoms with Gasteiger partial charge in [0.1, 0.15) is 0 Å². The smallest absolute Gasteiger partial charge is 0.0537 e. The van der Waals surface area contributed by atoms with E-state index in [-0.39, 0.29) is 6.10 Å². The molecular weight excluding hydrogens is 150 g/mol. The number of hydrogen-bond donors (Lipinski definition) is 2. The zero-order chi connectivity index (χ0) is 9.23. The Morgan fingerprint density at radius 2 is 1.92 bits per heavy atom. The van der Waals surface area contributed by atoms with E-state index in [4.69, 9.17) is 0 Å². The summed E-state index contributed by atoms with van der Waals surface area (Å²) < 4.78 is 0. The molecular formula is C10H23NO. The molecule has 0 rings (SSSR count). The Morgan fingerprint density at radius 1 is 1.17 bits per heavy atom. The van der Waals surface area contributed by atoms with Gasteiger partial charge in [-0.1, -0.05) is 13.8 Å². The highest BCUT2D eigenvalue weighted by Gasteiger charge is 1.98. The summed E-state index contributed by atoms with van der Waals surface area (Å²) in [7, 11) is 0. The van der Waals surface area contributed by atoms with E-state index in [0.717, 1.165) is 32.4 Å². The molecule has 0 aromatic heterocycles. The molecule has 0 spiro atoms. The Kier molecular flexibility index (Phi) is 8.95. The third-order valence-electron chi connectivity index (χ3n) is 2.04. The Labute approximate surface area is 76.4 Å². The maximum Gasteiger partial charge on any atom is 0.0537 e. The van der Waals surface area contributed by atoms with Crippen molar-refractivity contribution in [1.29, 1.82) is 0 Å². The average molecular weight is 173 g/mol. The Morgan fingerprint density at radius 3 is 2.50 bits per heavy atom. The number of aliphatic hydroxyl groups excluding tert-OH is 1. The van der Waals surface area contributed by atoms with E-state index >= 15 is 0 Å². The van der Waals surface area contributed by atoms with Crippen molar-refractivity contribution in [2.24, 2.45) is 0 Å². The van der Waals surface area contributed by atoms with Crippen LogP contribution in [0.2, 0.25) is 0 Å². The van der Waals surface area contributed by atoms with E-state index in [2.05, 4.69) is 12.2 Å². The van der Waals surface area contributed by atoms with Gasteiger partial charge in [0, 0.05) is 0 Å². The molecule has 1 atom stereocenters. The third-order valence-corrected chi connectivity index (χ3v) is 2.04. The van der Waals surface area contributed by atoms with Gasteiger partial charge in [0.15, 0.2) is 0 Å². The highest BCUT2D eigenvalue weighted by molar-refractivity contribution is 4.54. The van der Waals surface area contributed by atoms with Crippen molar-refractivity contribution in [3.63, 3.8) is 0 Å². The molecule has 0 aliphatic heterocycles. The molecule has 2 nitrogen and oxygen atoms in total. The topological polar surface area (TPSA) is 32.3 Å². The maximum atomic E-state index is 9.24. The third kappa shape index (κ3) is 8.02. The van der Waals surface area contributed by atoms with Crippen LogP contribution in [0.5, 0.6) is 0 Å². The van der Waals surface area contributed by atoms with Crippen molar-refractivity contribution < 1.29 is 5.11 Å². The lowest BCUT2D eigenvalue weighted by Gasteiger charge is -2.07. The first-order valence-corrected chi connectivity index (χ1v) is 5.20. The largest absolute Gasteiger partial charge is 0.393 e. The van der Waals surface area contributed by atoms with Gasteiger partial charge in [0.2, 0.25) is 0 Å². The minimum Gasteiger partial charge on any atom is -0.393 e. The van der Waals surface area contributed by atoms with Crippen LogP contribution in [0.15, 0.2) is 0 Å². The molecule has 74 valence electrons. The molecule has 0 saturated heterocycles. The highest BCUT2D eigenvalue weighted by atomic mass is 16.3. The number of unbranched alkanes of at least 4 members (excludes halogenated alkanes) is 1. The number of aliphatic hydroxyl groups is 1.